The molecule has 0 aliphatic heterocycles. The molecule has 0 amide bonds. The van der Waals surface area contributed by atoms with Gasteiger partial charge in [0.15, 0.2) is 6.10 Å². The van der Waals surface area contributed by atoms with Gasteiger partial charge in [0.2, 0.25) is 0 Å². The highest BCUT2D eigenvalue weighted by atomic mass is 32.2. The minimum Gasteiger partial charge on any atom is -0.481 e. The van der Waals surface area contributed by atoms with Crippen LogP contribution in [-0.2, 0) is 23.9 Å². The first-order valence-corrected chi connectivity index (χ1v) is 23.0. The Morgan fingerprint density at radius 2 is 1.32 bits per heavy atom. The number of nitrogens with two attached hydrogens (primary N) is 1. The number of hydrogen-bond acceptors (Lipinski definition) is 9. The van der Waals surface area contributed by atoms with Gasteiger partial charge in [-0.05, 0) is 44.4 Å². The molecule has 0 aliphatic carbocycles. The summed E-state index contributed by atoms with van der Waals surface area (Å²) in [4.78, 5) is 36.0. The Labute approximate surface area is 345 Å². The third kappa shape index (κ3) is 36.0. The van der Waals surface area contributed by atoms with Gasteiger partial charge in [0.1, 0.15) is 12.6 Å². The highest BCUT2D eigenvalue weighted by Crippen LogP contribution is 2.22. The van der Waals surface area contributed by atoms with Crippen LogP contribution in [0.3, 0.4) is 0 Å². The first-order valence-electron chi connectivity index (χ1n) is 22.0. The van der Waals surface area contributed by atoms with Gasteiger partial charge in [-0.25, -0.2) is 0 Å². The number of aliphatic hydroxyl groups is 2. The Morgan fingerprint density at radius 1 is 0.714 bits per heavy atom. The van der Waals surface area contributed by atoms with Crippen LogP contribution in [0, 0.1) is 5.92 Å². The Bertz CT molecular complexity index is 1080. The highest BCUT2D eigenvalue weighted by Gasteiger charge is 2.23. The van der Waals surface area contributed by atoms with Gasteiger partial charge in [0.05, 0.1) is 12.7 Å². The van der Waals surface area contributed by atoms with E-state index in [-0.39, 0.29) is 31.6 Å². The van der Waals surface area contributed by atoms with Crippen molar-refractivity contribution in [2.24, 2.45) is 11.7 Å². The fraction of sp³-hybridized carbons (Fsp3) is 0.761. The van der Waals surface area contributed by atoms with E-state index in [1.165, 1.54) is 108 Å². The zero-order valence-electron chi connectivity index (χ0n) is 35.5. The first kappa shape index (κ1) is 53.6. The molecule has 0 aromatic heterocycles. The van der Waals surface area contributed by atoms with Crippen molar-refractivity contribution in [2.45, 2.75) is 198 Å². The Morgan fingerprint density at radius 3 is 1.91 bits per heavy atom. The molecule has 324 valence electrons. The van der Waals surface area contributed by atoms with E-state index in [2.05, 4.69) is 39.0 Å². The van der Waals surface area contributed by atoms with Gasteiger partial charge in [-0.15, -0.1) is 11.8 Å². The summed E-state index contributed by atoms with van der Waals surface area (Å²) >= 11 is 1.28. The van der Waals surface area contributed by atoms with E-state index in [0.717, 1.165) is 38.0 Å². The predicted octanol–water partition coefficient (Wildman–Crippen LogP) is 10.6. The molecule has 0 rings (SSSR count). The molecule has 10 heteroatoms. The van der Waals surface area contributed by atoms with Crippen LogP contribution >= 0.6 is 11.8 Å². The normalized spacial score (nSPS) is 14.3. The van der Waals surface area contributed by atoms with Crippen LogP contribution < -0.4 is 5.73 Å². The van der Waals surface area contributed by atoms with Crippen LogP contribution in [0.4, 0.5) is 0 Å². The molecule has 9 nitrogen and oxygen atoms in total. The molecule has 0 aromatic rings. The lowest BCUT2D eigenvalue weighted by atomic mass is 10.0. The molecule has 0 aromatic carbocycles. The maximum absolute atomic E-state index is 12.6. The van der Waals surface area contributed by atoms with Crippen molar-refractivity contribution >= 4 is 29.7 Å². The third-order valence-electron chi connectivity index (χ3n) is 9.55. The van der Waals surface area contributed by atoms with Gasteiger partial charge in [0.25, 0.3) is 0 Å². The monoisotopic (exact) mass is 808 g/mol. The molecular formula is C46H81NO8S. The van der Waals surface area contributed by atoms with Crippen molar-refractivity contribution in [1.29, 1.82) is 0 Å². The van der Waals surface area contributed by atoms with E-state index in [0.29, 0.717) is 6.42 Å². The molecule has 0 radical (unpaired) electrons. The number of carbonyl (C=O) groups excluding carboxylic acids is 2. The van der Waals surface area contributed by atoms with E-state index in [4.69, 9.17) is 20.3 Å². The zero-order valence-corrected chi connectivity index (χ0v) is 36.3. The number of ether oxygens (including phenoxy) is 2. The summed E-state index contributed by atoms with van der Waals surface area (Å²) < 4.78 is 10.6. The molecule has 0 bridgehead atoms. The van der Waals surface area contributed by atoms with Gasteiger partial charge in [-0.3, -0.25) is 14.4 Å². The van der Waals surface area contributed by atoms with Crippen LogP contribution in [0.25, 0.3) is 0 Å². The molecule has 5 N–H and O–H groups in total. The summed E-state index contributed by atoms with van der Waals surface area (Å²) in [7, 11) is 0. The van der Waals surface area contributed by atoms with E-state index < -0.39 is 48.0 Å². The molecule has 0 unspecified atom stereocenters. The number of unbranched alkanes of at least 4 members (excludes halogenated alkanes) is 16. The smallest absolute Gasteiger partial charge is 0.323 e. The lowest BCUT2D eigenvalue weighted by Gasteiger charge is -2.21. The standard InChI is InChI=1S/C46H81NO8S/c1-4-5-6-7-8-9-10-16-19-22-25-28-33-43(42(49)32-30-34-44(50)51)56-38-41(47)46(53)54-37-40(36-48)55-45(52)35-29-26-23-20-17-14-12-11-13-15-18-21-24-27-31-39(2)3/h8-9,16,19,22,25,28,33,39-43,48-49H,4-7,10-15,17-18,20-21,23-24,26-27,29-32,34-38,47H2,1-3H3,(H,50,51)/b9-8-,19-16-,25-22+,33-28+/t40-,41-,42-,43+/m0/s1. The number of carboxylic acid groups (broad SMARTS) is 1. The summed E-state index contributed by atoms with van der Waals surface area (Å²) in [5.41, 5.74) is 6.10. The number of esters is 2. The number of thioether (sulfide) groups is 1. The summed E-state index contributed by atoms with van der Waals surface area (Å²) in [5.74, 6) is -1.08. The number of rotatable bonds is 39. The lowest BCUT2D eigenvalue weighted by Crippen LogP contribution is -2.38. The number of carbonyl (C=O) groups is 3. The highest BCUT2D eigenvalue weighted by molar-refractivity contribution is 8.00. The Hall–Kier alpha value is -2.40. The summed E-state index contributed by atoms with van der Waals surface area (Å²) in [6.07, 6.45) is 39.1. The molecule has 0 fully saturated rings. The maximum Gasteiger partial charge on any atom is 0.323 e. The molecule has 0 aliphatic rings. The van der Waals surface area contributed by atoms with Crippen LogP contribution in [0.1, 0.15) is 175 Å². The quantitative estimate of drug-likeness (QED) is 0.0204. The minimum atomic E-state index is -1.01. The fourth-order valence-corrected chi connectivity index (χ4v) is 7.19. The van der Waals surface area contributed by atoms with E-state index >= 15 is 0 Å². The van der Waals surface area contributed by atoms with Crippen LogP contribution in [0.2, 0.25) is 0 Å². The molecule has 56 heavy (non-hydrogen) atoms. The molecule has 0 heterocycles. The second-order valence-electron chi connectivity index (χ2n) is 15.5. The van der Waals surface area contributed by atoms with E-state index in [9.17, 15) is 24.6 Å². The van der Waals surface area contributed by atoms with Crippen molar-refractivity contribution in [2.75, 3.05) is 19.0 Å². The topological polar surface area (TPSA) is 156 Å². The number of hydrogen-bond donors (Lipinski definition) is 4. The van der Waals surface area contributed by atoms with Gasteiger partial charge in [-0.2, -0.15) is 0 Å². The van der Waals surface area contributed by atoms with Crippen LogP contribution in [0.15, 0.2) is 48.6 Å². The summed E-state index contributed by atoms with van der Waals surface area (Å²) in [6.45, 7) is 6.02. The van der Waals surface area contributed by atoms with Gasteiger partial charge < -0.3 is 30.5 Å². The minimum absolute atomic E-state index is 0.0441. The van der Waals surface area contributed by atoms with Gasteiger partial charge in [0, 0.05) is 23.8 Å². The van der Waals surface area contributed by atoms with Crippen LogP contribution in [-0.4, -0.2) is 75.7 Å². The second kappa shape index (κ2) is 39.4. The molecular weight excluding hydrogens is 727 g/mol. The molecule has 4 atom stereocenters. The van der Waals surface area contributed by atoms with E-state index in [1.54, 1.807) is 0 Å². The summed E-state index contributed by atoms with van der Waals surface area (Å²) in [6, 6.07) is -1.01. The number of aliphatic carboxylic acids is 1. The second-order valence-corrected chi connectivity index (χ2v) is 16.7. The largest absolute Gasteiger partial charge is 0.481 e. The number of carboxylic acids is 1. The Balaban J connectivity index is 4.39. The van der Waals surface area contributed by atoms with Gasteiger partial charge in [-0.1, -0.05) is 172 Å². The first-order chi connectivity index (χ1) is 27.1. The number of aliphatic hydroxyl groups excluding tert-OH is 2. The van der Waals surface area contributed by atoms with Crippen molar-refractivity contribution < 1.29 is 39.2 Å². The summed E-state index contributed by atoms with van der Waals surface area (Å²) in [5, 5.41) is 29.1. The molecule has 0 saturated heterocycles. The lowest BCUT2D eigenvalue weighted by molar-refractivity contribution is -0.161. The van der Waals surface area contributed by atoms with Crippen molar-refractivity contribution in [3.8, 4) is 0 Å². The van der Waals surface area contributed by atoms with Crippen molar-refractivity contribution in [3.05, 3.63) is 48.6 Å². The van der Waals surface area contributed by atoms with E-state index in [1.807, 2.05) is 30.4 Å². The predicted molar refractivity (Wildman–Crippen MR) is 234 cm³/mol. The SMILES string of the molecule is CCCCC/C=C\C\C=C/C=C/C=C/[C@@H](SC[C@H](N)C(=O)OC[C@H](CO)OC(=O)CCCCCCCCCCCCCCCCC(C)C)[C@@H](O)CCCC(=O)O. The molecule has 0 spiro atoms. The number of allylic oxidation sites excluding steroid dienone is 7. The average molecular weight is 808 g/mol. The van der Waals surface area contributed by atoms with Crippen LogP contribution in [0.5, 0.6) is 0 Å². The molecule has 0 saturated carbocycles. The maximum atomic E-state index is 12.6. The zero-order chi connectivity index (χ0) is 41.5. The van der Waals surface area contributed by atoms with Crippen molar-refractivity contribution in [1.82, 2.24) is 0 Å². The Kier molecular flexibility index (Phi) is 37.7. The fourth-order valence-electron chi connectivity index (χ4n) is 6.06. The van der Waals surface area contributed by atoms with Crippen molar-refractivity contribution in [3.63, 3.8) is 0 Å². The average Bonchev–Trinajstić information content (AvgIpc) is 3.17. The third-order valence-corrected chi connectivity index (χ3v) is 11.0. The van der Waals surface area contributed by atoms with Gasteiger partial charge >= 0.3 is 17.9 Å².